The second-order valence-corrected chi connectivity index (χ2v) is 2.48. The SMILES string of the molecule is COC(=O)[C@H]1C(=O)CO[C@H]1C. The summed E-state index contributed by atoms with van der Waals surface area (Å²) in [5.41, 5.74) is 0. The second kappa shape index (κ2) is 3.00. The van der Waals surface area contributed by atoms with Crippen LogP contribution in [0.1, 0.15) is 6.92 Å². The first kappa shape index (κ1) is 8.20. The summed E-state index contributed by atoms with van der Waals surface area (Å²) in [6.45, 7) is 1.72. The minimum atomic E-state index is -0.708. The van der Waals surface area contributed by atoms with E-state index in [4.69, 9.17) is 4.74 Å². The van der Waals surface area contributed by atoms with Gasteiger partial charge in [0.2, 0.25) is 0 Å². The van der Waals surface area contributed by atoms with Gasteiger partial charge in [-0.3, -0.25) is 9.59 Å². The number of ether oxygens (including phenoxy) is 2. The fourth-order valence-corrected chi connectivity index (χ4v) is 1.11. The molecule has 0 aromatic heterocycles. The molecule has 4 nitrogen and oxygen atoms in total. The predicted molar refractivity (Wildman–Crippen MR) is 35.9 cm³/mol. The third-order valence-electron chi connectivity index (χ3n) is 1.76. The molecule has 4 heteroatoms. The molecule has 1 heterocycles. The van der Waals surface area contributed by atoms with Crippen LogP contribution >= 0.6 is 0 Å². The van der Waals surface area contributed by atoms with E-state index in [-0.39, 0.29) is 18.5 Å². The van der Waals surface area contributed by atoms with E-state index in [2.05, 4.69) is 4.74 Å². The molecule has 0 spiro atoms. The Balaban J connectivity index is 2.68. The Hall–Kier alpha value is -0.900. The second-order valence-electron chi connectivity index (χ2n) is 2.48. The van der Waals surface area contributed by atoms with Crippen LogP contribution in [0.25, 0.3) is 0 Å². The molecule has 0 saturated carbocycles. The lowest BCUT2D eigenvalue weighted by Gasteiger charge is -2.08. The molecule has 0 aromatic carbocycles. The van der Waals surface area contributed by atoms with Crippen molar-refractivity contribution in [3.05, 3.63) is 0 Å². The summed E-state index contributed by atoms with van der Waals surface area (Å²) in [6, 6.07) is 0. The summed E-state index contributed by atoms with van der Waals surface area (Å²) in [7, 11) is 1.26. The molecular formula is C7H10O4. The molecule has 2 atom stereocenters. The van der Waals surface area contributed by atoms with Crippen LogP contribution in [0, 0.1) is 5.92 Å². The highest BCUT2D eigenvalue weighted by atomic mass is 16.5. The molecule has 1 aliphatic rings. The minimum absolute atomic E-state index is 0.0287. The van der Waals surface area contributed by atoms with E-state index < -0.39 is 11.9 Å². The van der Waals surface area contributed by atoms with Crippen molar-refractivity contribution < 1.29 is 19.1 Å². The quantitative estimate of drug-likeness (QED) is 0.390. The lowest BCUT2D eigenvalue weighted by Crippen LogP contribution is -2.28. The Labute approximate surface area is 64.5 Å². The molecule has 11 heavy (non-hydrogen) atoms. The van der Waals surface area contributed by atoms with Crippen molar-refractivity contribution in [3.8, 4) is 0 Å². The zero-order valence-electron chi connectivity index (χ0n) is 6.49. The van der Waals surface area contributed by atoms with Crippen LogP contribution < -0.4 is 0 Å². The van der Waals surface area contributed by atoms with Crippen LogP contribution in [0.15, 0.2) is 0 Å². The predicted octanol–water partition coefficient (Wildman–Crippen LogP) is -0.237. The Kier molecular flexibility index (Phi) is 2.24. The van der Waals surface area contributed by atoms with Crippen molar-refractivity contribution in [2.75, 3.05) is 13.7 Å². The van der Waals surface area contributed by atoms with Crippen LogP contribution in [0.4, 0.5) is 0 Å². The van der Waals surface area contributed by atoms with Crippen molar-refractivity contribution in [3.63, 3.8) is 0 Å². The van der Waals surface area contributed by atoms with Gasteiger partial charge in [-0.15, -0.1) is 0 Å². The molecule has 1 saturated heterocycles. The lowest BCUT2D eigenvalue weighted by molar-refractivity contribution is -0.149. The smallest absolute Gasteiger partial charge is 0.318 e. The maximum atomic E-state index is 11.0. The monoisotopic (exact) mass is 158 g/mol. The van der Waals surface area contributed by atoms with Crippen LogP contribution in [0.3, 0.4) is 0 Å². The maximum Gasteiger partial charge on any atom is 0.318 e. The van der Waals surface area contributed by atoms with Gasteiger partial charge in [0.15, 0.2) is 5.78 Å². The highest BCUT2D eigenvalue weighted by Gasteiger charge is 2.39. The third-order valence-corrected chi connectivity index (χ3v) is 1.76. The highest BCUT2D eigenvalue weighted by Crippen LogP contribution is 2.18. The first-order valence-electron chi connectivity index (χ1n) is 3.39. The van der Waals surface area contributed by atoms with Crippen molar-refractivity contribution in [1.82, 2.24) is 0 Å². The van der Waals surface area contributed by atoms with Gasteiger partial charge < -0.3 is 9.47 Å². The zero-order chi connectivity index (χ0) is 8.43. The number of rotatable bonds is 1. The number of carbonyl (C=O) groups is 2. The van der Waals surface area contributed by atoms with E-state index in [0.717, 1.165) is 0 Å². The van der Waals surface area contributed by atoms with E-state index in [0.29, 0.717) is 0 Å². The third kappa shape index (κ3) is 1.40. The van der Waals surface area contributed by atoms with E-state index in [9.17, 15) is 9.59 Å². The van der Waals surface area contributed by atoms with Gasteiger partial charge in [0, 0.05) is 0 Å². The number of hydrogen-bond donors (Lipinski definition) is 0. The summed E-state index contributed by atoms with van der Waals surface area (Å²) in [6.07, 6.45) is -0.338. The summed E-state index contributed by atoms with van der Waals surface area (Å²) in [5, 5.41) is 0. The summed E-state index contributed by atoms with van der Waals surface area (Å²) in [4.78, 5) is 21.9. The number of ketones is 1. The summed E-state index contributed by atoms with van der Waals surface area (Å²) >= 11 is 0. The zero-order valence-corrected chi connectivity index (χ0v) is 6.49. The van der Waals surface area contributed by atoms with Gasteiger partial charge in [0.25, 0.3) is 0 Å². The van der Waals surface area contributed by atoms with E-state index in [1.165, 1.54) is 7.11 Å². The molecule has 0 aliphatic carbocycles. The van der Waals surface area contributed by atoms with Crippen LogP contribution in [0.2, 0.25) is 0 Å². The van der Waals surface area contributed by atoms with Crippen LogP contribution in [0.5, 0.6) is 0 Å². The fourth-order valence-electron chi connectivity index (χ4n) is 1.11. The van der Waals surface area contributed by atoms with Gasteiger partial charge >= 0.3 is 5.97 Å². The molecule has 1 aliphatic heterocycles. The molecule has 1 fully saturated rings. The van der Waals surface area contributed by atoms with Gasteiger partial charge in [0.1, 0.15) is 12.5 Å². The van der Waals surface area contributed by atoms with Crippen LogP contribution in [-0.2, 0) is 19.1 Å². The molecule has 0 amide bonds. The lowest BCUT2D eigenvalue weighted by atomic mass is 10.0. The van der Waals surface area contributed by atoms with E-state index in [1.54, 1.807) is 6.92 Å². The average Bonchev–Trinajstić information content (AvgIpc) is 2.30. The number of carbonyl (C=O) groups excluding carboxylic acids is 2. The molecule has 1 rings (SSSR count). The number of Topliss-reactive ketones (excluding diaryl/α,β-unsaturated/α-hetero) is 1. The number of hydrogen-bond acceptors (Lipinski definition) is 4. The van der Waals surface area contributed by atoms with Crippen molar-refractivity contribution in [2.24, 2.45) is 5.92 Å². The molecule has 62 valence electrons. The molecule has 0 bridgehead atoms. The molecular weight excluding hydrogens is 148 g/mol. The normalized spacial score (nSPS) is 30.5. The average molecular weight is 158 g/mol. The van der Waals surface area contributed by atoms with E-state index in [1.807, 2.05) is 0 Å². The summed E-state index contributed by atoms with van der Waals surface area (Å²) in [5.74, 6) is -1.40. The van der Waals surface area contributed by atoms with Crippen molar-refractivity contribution in [2.45, 2.75) is 13.0 Å². The van der Waals surface area contributed by atoms with Gasteiger partial charge in [-0.25, -0.2) is 0 Å². The molecule has 0 aromatic rings. The van der Waals surface area contributed by atoms with Crippen molar-refractivity contribution >= 4 is 11.8 Å². The van der Waals surface area contributed by atoms with Gasteiger partial charge in [-0.1, -0.05) is 0 Å². The molecule has 0 N–H and O–H groups in total. The standard InChI is InChI=1S/C7H10O4/c1-4-6(7(9)10-2)5(8)3-11-4/h4,6H,3H2,1-2H3/t4-,6+/m0/s1. The Morgan fingerprint density at radius 3 is 2.73 bits per heavy atom. The molecule has 0 unspecified atom stereocenters. The fraction of sp³-hybridized carbons (Fsp3) is 0.714. The van der Waals surface area contributed by atoms with E-state index >= 15 is 0 Å². The molecule has 0 radical (unpaired) electrons. The Morgan fingerprint density at radius 1 is 1.73 bits per heavy atom. The van der Waals surface area contributed by atoms with Crippen molar-refractivity contribution in [1.29, 1.82) is 0 Å². The van der Waals surface area contributed by atoms with Gasteiger partial charge in [-0.05, 0) is 6.92 Å². The maximum absolute atomic E-state index is 11.0. The Bertz CT molecular complexity index is 187. The van der Waals surface area contributed by atoms with Gasteiger partial charge in [-0.2, -0.15) is 0 Å². The first-order valence-corrected chi connectivity index (χ1v) is 3.39. The number of methoxy groups -OCH3 is 1. The number of esters is 1. The minimum Gasteiger partial charge on any atom is -0.468 e. The first-order chi connectivity index (χ1) is 5.16. The Morgan fingerprint density at radius 2 is 2.36 bits per heavy atom. The topological polar surface area (TPSA) is 52.6 Å². The van der Waals surface area contributed by atoms with Crippen LogP contribution in [-0.4, -0.2) is 31.6 Å². The largest absolute Gasteiger partial charge is 0.468 e. The van der Waals surface area contributed by atoms with Gasteiger partial charge in [0.05, 0.1) is 13.2 Å². The summed E-state index contributed by atoms with van der Waals surface area (Å²) < 4.78 is 9.39. The highest BCUT2D eigenvalue weighted by molar-refractivity contribution is 6.01.